The number of rotatable bonds is 5. The molecule has 0 saturated heterocycles. The van der Waals surface area contributed by atoms with Crippen LogP contribution in [0.15, 0.2) is 18.5 Å². The fourth-order valence-electron chi connectivity index (χ4n) is 3.30. The van der Waals surface area contributed by atoms with E-state index in [4.69, 9.17) is 0 Å². The Hall–Kier alpha value is -1.69. The van der Waals surface area contributed by atoms with E-state index >= 15 is 0 Å². The molecule has 1 N–H and O–H groups in total. The average molecular weight is 292 g/mol. The first kappa shape index (κ1) is 15.7. The number of pyridine rings is 1. The minimum absolute atomic E-state index is 0.0373. The van der Waals surface area contributed by atoms with Gasteiger partial charge in [-0.05, 0) is 38.9 Å². The van der Waals surface area contributed by atoms with Gasteiger partial charge in [0.1, 0.15) is 11.9 Å². The van der Waals surface area contributed by atoms with Crippen LogP contribution in [0.25, 0.3) is 0 Å². The van der Waals surface area contributed by atoms with E-state index in [2.05, 4.69) is 36.2 Å². The molecule has 2 rings (SSSR count). The van der Waals surface area contributed by atoms with Crippen LogP contribution in [0.3, 0.4) is 0 Å². The number of nitrogens with zero attached hydrogens (tertiary/aromatic N) is 3. The highest BCUT2D eigenvalue weighted by Gasteiger charge is 2.37. The van der Waals surface area contributed by atoms with Gasteiger partial charge in [0.05, 0.1) is 4.92 Å². The zero-order valence-corrected chi connectivity index (χ0v) is 13.0. The monoisotopic (exact) mass is 292 g/mol. The molecule has 116 valence electrons. The van der Waals surface area contributed by atoms with E-state index in [1.807, 2.05) is 0 Å². The lowest BCUT2D eigenvalue weighted by molar-refractivity contribution is -0.384. The van der Waals surface area contributed by atoms with Crippen molar-refractivity contribution in [3.05, 3.63) is 28.6 Å². The molecule has 0 radical (unpaired) electrons. The molecular formula is C15H24N4O2. The van der Waals surface area contributed by atoms with Crippen LogP contribution in [0.4, 0.5) is 11.4 Å². The van der Waals surface area contributed by atoms with Crippen molar-refractivity contribution in [2.75, 3.05) is 26.0 Å². The smallest absolute Gasteiger partial charge is 0.310 e. The number of aromatic nitrogens is 1. The van der Waals surface area contributed by atoms with Crippen LogP contribution in [0.5, 0.6) is 0 Å². The molecule has 6 heteroatoms. The molecule has 0 aromatic carbocycles. The summed E-state index contributed by atoms with van der Waals surface area (Å²) in [5.41, 5.74) is 0.652. The van der Waals surface area contributed by atoms with Crippen LogP contribution >= 0.6 is 0 Å². The summed E-state index contributed by atoms with van der Waals surface area (Å²) >= 11 is 0. The van der Waals surface area contributed by atoms with Crippen molar-refractivity contribution in [3.8, 4) is 0 Å². The minimum Gasteiger partial charge on any atom is -0.378 e. The number of hydrogen-bond donors (Lipinski definition) is 1. The summed E-state index contributed by atoms with van der Waals surface area (Å²) < 4.78 is 0. The molecule has 6 nitrogen and oxygen atoms in total. The van der Waals surface area contributed by atoms with Crippen LogP contribution in [0.2, 0.25) is 0 Å². The predicted molar refractivity (Wildman–Crippen MR) is 83.4 cm³/mol. The summed E-state index contributed by atoms with van der Waals surface area (Å²) in [7, 11) is 4.20. The highest BCUT2D eigenvalue weighted by molar-refractivity contribution is 5.59. The van der Waals surface area contributed by atoms with Gasteiger partial charge in [-0.15, -0.1) is 0 Å². The highest BCUT2D eigenvalue weighted by Crippen LogP contribution is 2.36. The third-order valence-electron chi connectivity index (χ3n) is 4.62. The number of hydrogen-bond acceptors (Lipinski definition) is 5. The Kier molecular flexibility index (Phi) is 4.77. The predicted octanol–water partition coefficient (Wildman–Crippen LogP) is 2.91. The van der Waals surface area contributed by atoms with E-state index in [1.165, 1.54) is 19.0 Å². The van der Waals surface area contributed by atoms with Crippen LogP contribution in [0, 0.1) is 16.0 Å². The molecule has 0 aliphatic heterocycles. The van der Waals surface area contributed by atoms with E-state index in [0.29, 0.717) is 11.6 Å². The lowest BCUT2D eigenvalue weighted by Crippen LogP contribution is -2.52. The Labute approximate surface area is 125 Å². The largest absolute Gasteiger partial charge is 0.378 e. The summed E-state index contributed by atoms with van der Waals surface area (Å²) in [6.45, 7) is 3.00. The molecule has 1 saturated carbocycles. The van der Waals surface area contributed by atoms with Crippen LogP contribution < -0.4 is 5.32 Å². The van der Waals surface area contributed by atoms with Crippen LogP contribution in [0.1, 0.15) is 32.6 Å². The Morgan fingerprint density at radius 2 is 2.33 bits per heavy atom. The summed E-state index contributed by atoms with van der Waals surface area (Å²) in [4.78, 5) is 16.8. The van der Waals surface area contributed by atoms with E-state index in [1.54, 1.807) is 12.3 Å². The number of nitrogens with one attached hydrogen (secondary N) is 1. The van der Waals surface area contributed by atoms with Gasteiger partial charge in [-0.25, -0.2) is 0 Å². The molecule has 2 atom stereocenters. The summed E-state index contributed by atoms with van der Waals surface area (Å²) in [6, 6.07) is 1.67. The van der Waals surface area contributed by atoms with E-state index in [9.17, 15) is 10.1 Å². The molecule has 1 heterocycles. The molecular weight excluding hydrogens is 268 g/mol. The maximum atomic E-state index is 11.1. The molecule has 1 aliphatic carbocycles. The number of nitro groups is 1. The molecule has 0 spiro atoms. The molecule has 1 aromatic heterocycles. The average Bonchev–Trinajstić information content (AvgIpc) is 2.45. The Morgan fingerprint density at radius 1 is 1.57 bits per heavy atom. The zero-order chi connectivity index (χ0) is 15.5. The first-order valence-corrected chi connectivity index (χ1v) is 7.44. The van der Waals surface area contributed by atoms with Gasteiger partial charge < -0.3 is 10.2 Å². The molecule has 1 aliphatic rings. The Balaban J connectivity index is 2.14. The van der Waals surface area contributed by atoms with Crippen molar-refractivity contribution in [2.45, 2.75) is 38.1 Å². The molecule has 21 heavy (non-hydrogen) atoms. The van der Waals surface area contributed by atoms with Crippen molar-refractivity contribution in [1.82, 2.24) is 9.88 Å². The van der Waals surface area contributed by atoms with Gasteiger partial charge in [0.2, 0.25) is 0 Å². The summed E-state index contributed by atoms with van der Waals surface area (Å²) in [5.74, 6) is 0.690. The molecule has 0 bridgehead atoms. The van der Waals surface area contributed by atoms with Crippen molar-refractivity contribution in [3.63, 3.8) is 0 Å². The lowest BCUT2D eigenvalue weighted by atomic mass is 9.75. The third-order valence-corrected chi connectivity index (χ3v) is 4.62. The fourth-order valence-corrected chi connectivity index (χ4v) is 3.30. The van der Waals surface area contributed by atoms with Crippen LogP contribution in [-0.4, -0.2) is 41.0 Å². The number of anilines is 1. The van der Waals surface area contributed by atoms with Gasteiger partial charge in [-0.3, -0.25) is 15.1 Å². The van der Waals surface area contributed by atoms with E-state index in [0.717, 1.165) is 19.4 Å². The first-order chi connectivity index (χ1) is 9.94. The zero-order valence-electron chi connectivity index (χ0n) is 13.0. The fraction of sp³-hybridized carbons (Fsp3) is 0.667. The Bertz CT molecular complexity index is 506. The topological polar surface area (TPSA) is 71.3 Å². The van der Waals surface area contributed by atoms with Gasteiger partial charge in [-0.2, -0.15) is 0 Å². The minimum atomic E-state index is -0.388. The van der Waals surface area contributed by atoms with E-state index in [-0.39, 0.29) is 16.1 Å². The molecule has 1 fully saturated rings. The first-order valence-electron chi connectivity index (χ1n) is 7.44. The molecule has 0 amide bonds. The van der Waals surface area contributed by atoms with Gasteiger partial charge in [0.25, 0.3) is 0 Å². The van der Waals surface area contributed by atoms with Crippen molar-refractivity contribution in [1.29, 1.82) is 0 Å². The lowest BCUT2D eigenvalue weighted by Gasteiger charge is -2.45. The molecule has 2 unspecified atom stereocenters. The maximum absolute atomic E-state index is 11.1. The summed E-state index contributed by atoms with van der Waals surface area (Å²) in [6.07, 6.45) is 7.60. The SMILES string of the molecule is CC1CCCC(CNc2ccncc2[N+](=O)[O-])(N(C)C)C1. The third kappa shape index (κ3) is 3.50. The van der Waals surface area contributed by atoms with Gasteiger partial charge in [0.15, 0.2) is 0 Å². The quantitative estimate of drug-likeness (QED) is 0.667. The standard InChI is InChI=1S/C15H24N4O2/c1-12-5-4-7-15(9-12,18(2)3)11-17-13-6-8-16-10-14(13)19(20)21/h6,8,10,12H,4-5,7,9,11H2,1-3H3,(H,16,17). The van der Waals surface area contributed by atoms with Crippen molar-refractivity contribution < 1.29 is 4.92 Å². The second kappa shape index (κ2) is 6.39. The van der Waals surface area contributed by atoms with Crippen molar-refractivity contribution in [2.24, 2.45) is 5.92 Å². The van der Waals surface area contributed by atoms with Crippen LogP contribution in [-0.2, 0) is 0 Å². The second-order valence-electron chi connectivity index (χ2n) is 6.32. The summed E-state index contributed by atoms with van der Waals surface area (Å²) in [5, 5.41) is 14.3. The maximum Gasteiger partial charge on any atom is 0.310 e. The van der Waals surface area contributed by atoms with E-state index < -0.39 is 0 Å². The van der Waals surface area contributed by atoms with Gasteiger partial charge >= 0.3 is 5.69 Å². The Morgan fingerprint density at radius 3 is 2.95 bits per heavy atom. The normalized spacial score (nSPS) is 25.8. The molecule has 1 aromatic rings. The van der Waals surface area contributed by atoms with Gasteiger partial charge in [-0.1, -0.05) is 19.8 Å². The van der Waals surface area contributed by atoms with Gasteiger partial charge in [0, 0.05) is 18.3 Å². The highest BCUT2D eigenvalue weighted by atomic mass is 16.6. The second-order valence-corrected chi connectivity index (χ2v) is 6.32. The van der Waals surface area contributed by atoms with Crippen molar-refractivity contribution >= 4 is 11.4 Å². The number of likely N-dealkylation sites (N-methyl/N-ethyl adjacent to an activating group) is 1.